The fourth-order valence-corrected chi connectivity index (χ4v) is 2.47. The second-order valence-corrected chi connectivity index (χ2v) is 5.51. The average Bonchev–Trinajstić information content (AvgIpc) is 2.87. The van der Waals surface area contributed by atoms with Crippen LogP contribution in [0.3, 0.4) is 0 Å². The van der Waals surface area contributed by atoms with Gasteiger partial charge in [-0.2, -0.15) is 0 Å². The molecule has 0 radical (unpaired) electrons. The molecule has 0 saturated carbocycles. The molecule has 0 saturated heterocycles. The van der Waals surface area contributed by atoms with Crippen LogP contribution >= 0.6 is 0 Å². The number of phenolic OH excluding ortho intramolecular Hbond substituents is 1. The zero-order valence-electron chi connectivity index (χ0n) is 12.2. The molecule has 1 aromatic carbocycles. The molecule has 0 aliphatic heterocycles. The first kappa shape index (κ1) is 14.6. The highest BCUT2D eigenvalue weighted by molar-refractivity contribution is 5.26. The molecule has 2 rings (SSSR count). The van der Waals surface area contributed by atoms with Gasteiger partial charge < -0.3 is 15.4 Å². The van der Waals surface area contributed by atoms with E-state index in [1.54, 1.807) is 12.1 Å². The van der Waals surface area contributed by atoms with Gasteiger partial charge in [-0.05, 0) is 30.0 Å². The predicted octanol–water partition coefficient (Wildman–Crippen LogP) is 2.53. The lowest BCUT2D eigenvalue weighted by atomic mass is 9.93. The number of nitrogens with zero attached hydrogens (tertiary/aromatic N) is 2. The summed E-state index contributed by atoms with van der Waals surface area (Å²) in [6.45, 7) is 5.90. The summed E-state index contributed by atoms with van der Waals surface area (Å²) in [6.07, 6.45) is 4.72. The van der Waals surface area contributed by atoms with Gasteiger partial charge in [0.25, 0.3) is 0 Å². The van der Waals surface area contributed by atoms with E-state index in [1.807, 2.05) is 24.7 Å². The Morgan fingerprint density at radius 2 is 1.95 bits per heavy atom. The molecule has 2 aromatic rings. The van der Waals surface area contributed by atoms with Gasteiger partial charge in [0, 0.05) is 30.9 Å². The second kappa shape index (κ2) is 6.57. The van der Waals surface area contributed by atoms with E-state index in [1.165, 1.54) is 11.3 Å². The zero-order chi connectivity index (χ0) is 14.5. The number of imidazole rings is 1. The van der Waals surface area contributed by atoms with E-state index >= 15 is 0 Å². The number of aromatic nitrogens is 2. The lowest BCUT2D eigenvalue weighted by molar-refractivity contribution is 0.470. The van der Waals surface area contributed by atoms with Crippen molar-refractivity contribution in [2.24, 2.45) is 11.7 Å². The number of benzene rings is 1. The summed E-state index contributed by atoms with van der Waals surface area (Å²) in [5.74, 6) is 1.15. The van der Waals surface area contributed by atoms with Crippen LogP contribution in [0, 0.1) is 5.92 Å². The van der Waals surface area contributed by atoms with Crippen molar-refractivity contribution in [2.45, 2.75) is 32.7 Å². The van der Waals surface area contributed by atoms with Gasteiger partial charge in [0.05, 0.1) is 6.33 Å². The molecule has 1 atom stereocenters. The Labute approximate surface area is 120 Å². The third-order valence-electron chi connectivity index (χ3n) is 3.76. The second-order valence-electron chi connectivity index (χ2n) is 5.51. The predicted molar refractivity (Wildman–Crippen MR) is 80.7 cm³/mol. The van der Waals surface area contributed by atoms with Crippen LogP contribution in [-0.2, 0) is 13.0 Å². The van der Waals surface area contributed by atoms with Crippen molar-refractivity contribution in [1.82, 2.24) is 9.55 Å². The van der Waals surface area contributed by atoms with Crippen molar-refractivity contribution < 1.29 is 5.11 Å². The van der Waals surface area contributed by atoms with Crippen LogP contribution in [0.1, 0.15) is 31.0 Å². The standard InChI is InChI=1S/C16H23N3O/c1-12(2)15(9-17)16-10-18-11-19(16)8-7-13-3-5-14(20)6-4-13/h3-6,10-12,15,20H,7-9,17H2,1-2H3. The van der Waals surface area contributed by atoms with Crippen LogP contribution in [0.25, 0.3) is 0 Å². The number of aryl methyl sites for hydroxylation is 2. The number of hydrogen-bond donors (Lipinski definition) is 2. The smallest absolute Gasteiger partial charge is 0.115 e. The molecule has 0 aliphatic rings. The van der Waals surface area contributed by atoms with Crippen molar-refractivity contribution in [1.29, 1.82) is 0 Å². The minimum atomic E-state index is 0.306. The van der Waals surface area contributed by atoms with Gasteiger partial charge in [-0.25, -0.2) is 4.98 Å². The molecule has 0 spiro atoms. The molecule has 3 N–H and O–H groups in total. The highest BCUT2D eigenvalue weighted by atomic mass is 16.3. The van der Waals surface area contributed by atoms with E-state index < -0.39 is 0 Å². The molecule has 0 amide bonds. The average molecular weight is 273 g/mol. The largest absolute Gasteiger partial charge is 0.508 e. The van der Waals surface area contributed by atoms with Crippen LogP contribution < -0.4 is 5.73 Å². The van der Waals surface area contributed by atoms with E-state index in [4.69, 9.17) is 5.73 Å². The zero-order valence-corrected chi connectivity index (χ0v) is 12.2. The summed E-state index contributed by atoms with van der Waals surface area (Å²) >= 11 is 0. The SMILES string of the molecule is CC(C)C(CN)c1cncn1CCc1ccc(O)cc1. The van der Waals surface area contributed by atoms with Gasteiger partial charge in [0.15, 0.2) is 0 Å². The van der Waals surface area contributed by atoms with Gasteiger partial charge in [-0.15, -0.1) is 0 Å². The molecule has 0 aliphatic carbocycles. The van der Waals surface area contributed by atoms with Crippen molar-refractivity contribution in [3.05, 3.63) is 48.0 Å². The van der Waals surface area contributed by atoms with E-state index in [-0.39, 0.29) is 0 Å². The number of rotatable bonds is 6. The maximum atomic E-state index is 9.29. The quantitative estimate of drug-likeness (QED) is 0.850. The Morgan fingerprint density at radius 1 is 1.25 bits per heavy atom. The third kappa shape index (κ3) is 3.39. The van der Waals surface area contributed by atoms with Crippen molar-refractivity contribution in [2.75, 3.05) is 6.54 Å². The molecule has 1 aromatic heterocycles. The van der Waals surface area contributed by atoms with Crippen molar-refractivity contribution in [3.8, 4) is 5.75 Å². The first-order chi connectivity index (χ1) is 9.61. The lowest BCUT2D eigenvalue weighted by Crippen LogP contribution is -2.21. The maximum Gasteiger partial charge on any atom is 0.115 e. The van der Waals surface area contributed by atoms with Gasteiger partial charge >= 0.3 is 0 Å². The van der Waals surface area contributed by atoms with Gasteiger partial charge in [-0.3, -0.25) is 0 Å². The summed E-state index contributed by atoms with van der Waals surface area (Å²) in [6, 6.07) is 7.35. The molecule has 108 valence electrons. The number of aromatic hydroxyl groups is 1. The molecule has 4 heteroatoms. The van der Waals surface area contributed by atoms with Crippen LogP contribution in [0.5, 0.6) is 5.75 Å². The molecule has 1 unspecified atom stereocenters. The molecule has 0 bridgehead atoms. The molecule has 1 heterocycles. The Morgan fingerprint density at radius 3 is 2.55 bits per heavy atom. The third-order valence-corrected chi connectivity index (χ3v) is 3.76. The van der Waals surface area contributed by atoms with Gasteiger partial charge in [-0.1, -0.05) is 26.0 Å². The summed E-state index contributed by atoms with van der Waals surface area (Å²) in [4.78, 5) is 4.27. The van der Waals surface area contributed by atoms with Crippen LogP contribution in [0.15, 0.2) is 36.8 Å². The summed E-state index contributed by atoms with van der Waals surface area (Å²) in [5, 5.41) is 9.29. The monoisotopic (exact) mass is 273 g/mol. The van der Waals surface area contributed by atoms with E-state index in [0.717, 1.165) is 13.0 Å². The number of hydrogen-bond acceptors (Lipinski definition) is 3. The fraction of sp³-hybridized carbons (Fsp3) is 0.438. The van der Waals surface area contributed by atoms with Crippen LogP contribution in [0.2, 0.25) is 0 Å². The molecular weight excluding hydrogens is 250 g/mol. The van der Waals surface area contributed by atoms with Crippen molar-refractivity contribution in [3.63, 3.8) is 0 Å². The first-order valence-electron chi connectivity index (χ1n) is 7.09. The fourth-order valence-electron chi connectivity index (χ4n) is 2.47. The minimum absolute atomic E-state index is 0.306. The highest BCUT2D eigenvalue weighted by Gasteiger charge is 2.17. The first-order valence-corrected chi connectivity index (χ1v) is 7.09. The molecular formula is C16H23N3O. The number of phenols is 1. The summed E-state index contributed by atoms with van der Waals surface area (Å²) in [5.41, 5.74) is 8.30. The Bertz CT molecular complexity index is 531. The molecule has 20 heavy (non-hydrogen) atoms. The summed E-state index contributed by atoms with van der Waals surface area (Å²) < 4.78 is 2.18. The van der Waals surface area contributed by atoms with E-state index in [2.05, 4.69) is 23.4 Å². The minimum Gasteiger partial charge on any atom is -0.508 e. The topological polar surface area (TPSA) is 64.1 Å². The van der Waals surface area contributed by atoms with Gasteiger partial charge in [0.1, 0.15) is 5.75 Å². The van der Waals surface area contributed by atoms with Gasteiger partial charge in [0.2, 0.25) is 0 Å². The van der Waals surface area contributed by atoms with Crippen molar-refractivity contribution >= 4 is 0 Å². The Hall–Kier alpha value is -1.81. The number of nitrogens with two attached hydrogens (primary N) is 1. The van der Waals surface area contributed by atoms with E-state index in [9.17, 15) is 5.11 Å². The normalized spacial score (nSPS) is 12.8. The van der Waals surface area contributed by atoms with E-state index in [0.29, 0.717) is 24.1 Å². The maximum absolute atomic E-state index is 9.29. The lowest BCUT2D eigenvalue weighted by Gasteiger charge is -2.20. The van der Waals surface area contributed by atoms with Crippen LogP contribution in [0.4, 0.5) is 0 Å². The molecule has 4 nitrogen and oxygen atoms in total. The summed E-state index contributed by atoms with van der Waals surface area (Å²) in [7, 11) is 0. The highest BCUT2D eigenvalue weighted by Crippen LogP contribution is 2.23. The molecule has 0 fully saturated rings. The Kier molecular flexibility index (Phi) is 4.79. The Balaban J connectivity index is 2.07. The van der Waals surface area contributed by atoms with Crippen LogP contribution in [-0.4, -0.2) is 21.2 Å².